The highest BCUT2D eigenvalue weighted by atomic mass is 16.3. The monoisotopic (exact) mass is 566 g/mol. The largest absolute Gasteiger partial charge is 0.453 e. The lowest BCUT2D eigenvalue weighted by Crippen LogP contribution is -1.92. The van der Waals surface area contributed by atoms with Crippen LogP contribution in [0.15, 0.2) is 143 Å². The first-order chi connectivity index (χ1) is 21.8. The zero-order valence-electron chi connectivity index (χ0n) is 23.3. The Morgan fingerprint density at radius 1 is 0.409 bits per heavy atom. The molecule has 44 heavy (non-hydrogen) atoms. The maximum absolute atomic E-state index is 6.58. The molecule has 0 aliphatic carbocycles. The van der Waals surface area contributed by atoms with Crippen LogP contribution < -0.4 is 0 Å². The van der Waals surface area contributed by atoms with E-state index in [4.69, 9.17) is 23.8 Å². The van der Waals surface area contributed by atoms with E-state index >= 15 is 0 Å². The summed E-state index contributed by atoms with van der Waals surface area (Å²) in [6, 6.07) is 36.7. The van der Waals surface area contributed by atoms with Gasteiger partial charge in [0.05, 0.1) is 23.8 Å². The molecule has 0 unspecified atom stereocenters. The number of aromatic nitrogens is 4. The Labute approximate surface area is 251 Å². The van der Waals surface area contributed by atoms with Gasteiger partial charge in [0.25, 0.3) is 0 Å². The van der Waals surface area contributed by atoms with E-state index in [0.29, 0.717) is 22.6 Å². The molecule has 0 fully saturated rings. The molecule has 0 N–H and O–H groups in total. The van der Waals surface area contributed by atoms with Gasteiger partial charge in [-0.3, -0.25) is 15.0 Å². The normalized spacial score (nSPS) is 11.6. The van der Waals surface area contributed by atoms with Crippen LogP contribution >= 0.6 is 0 Å². The number of rotatable bonds is 4. The molecule has 0 bridgehead atoms. The number of nitrogens with zero attached hydrogens (tertiary/aromatic N) is 4. The Morgan fingerprint density at radius 3 is 1.36 bits per heavy atom. The van der Waals surface area contributed by atoms with Gasteiger partial charge in [-0.25, -0.2) is 4.98 Å². The van der Waals surface area contributed by atoms with Gasteiger partial charge in [-0.15, -0.1) is 0 Å². The highest BCUT2D eigenvalue weighted by Gasteiger charge is 2.20. The number of hydrogen-bond acceptors (Lipinski definition) is 6. The van der Waals surface area contributed by atoms with Crippen LogP contribution in [-0.2, 0) is 0 Å². The SMILES string of the molecule is c1ccc(-c2cccc3c2oc2c(-c4cncc(-c5ccnc6c5oc5c(-c7ccccc7)cccc56)n4)ccnc23)cc1. The number of benzene rings is 4. The van der Waals surface area contributed by atoms with Crippen LogP contribution in [0.1, 0.15) is 0 Å². The van der Waals surface area contributed by atoms with Gasteiger partial charge < -0.3 is 8.83 Å². The van der Waals surface area contributed by atoms with Crippen LogP contribution in [0.2, 0.25) is 0 Å². The van der Waals surface area contributed by atoms with E-state index in [0.717, 1.165) is 66.4 Å². The van der Waals surface area contributed by atoms with E-state index in [9.17, 15) is 0 Å². The first-order valence-corrected chi connectivity index (χ1v) is 14.4. The van der Waals surface area contributed by atoms with Gasteiger partial charge in [0.15, 0.2) is 11.2 Å². The summed E-state index contributed by atoms with van der Waals surface area (Å²) in [5.74, 6) is 0. The molecule has 9 aromatic rings. The fourth-order valence-electron chi connectivity index (χ4n) is 6.08. The molecule has 0 amide bonds. The topological polar surface area (TPSA) is 77.8 Å². The lowest BCUT2D eigenvalue weighted by Gasteiger charge is -2.05. The van der Waals surface area contributed by atoms with Crippen molar-refractivity contribution >= 4 is 44.1 Å². The highest BCUT2D eigenvalue weighted by Crippen LogP contribution is 2.40. The summed E-state index contributed by atoms with van der Waals surface area (Å²) in [5, 5.41) is 1.92. The van der Waals surface area contributed by atoms with Crippen molar-refractivity contribution in [3.05, 3.63) is 134 Å². The van der Waals surface area contributed by atoms with Crippen molar-refractivity contribution < 1.29 is 8.83 Å². The molecule has 206 valence electrons. The maximum atomic E-state index is 6.58. The van der Waals surface area contributed by atoms with Crippen molar-refractivity contribution in [3.8, 4) is 44.8 Å². The molecule has 0 saturated heterocycles. The Hall–Kier alpha value is -6.14. The van der Waals surface area contributed by atoms with E-state index in [-0.39, 0.29) is 0 Å². The molecular formula is C38H22N4O2. The second-order valence-corrected chi connectivity index (χ2v) is 10.7. The van der Waals surface area contributed by atoms with Crippen molar-refractivity contribution in [3.63, 3.8) is 0 Å². The molecular weight excluding hydrogens is 544 g/mol. The predicted molar refractivity (Wildman–Crippen MR) is 174 cm³/mol. The number of furan rings is 2. The molecule has 0 aliphatic rings. The fourth-order valence-corrected chi connectivity index (χ4v) is 6.08. The molecule has 9 rings (SSSR count). The molecule has 5 heterocycles. The average Bonchev–Trinajstić information content (AvgIpc) is 3.68. The molecule has 0 atom stereocenters. The van der Waals surface area contributed by atoms with Crippen LogP contribution in [0.5, 0.6) is 0 Å². The van der Waals surface area contributed by atoms with Gasteiger partial charge in [-0.1, -0.05) is 84.9 Å². The van der Waals surface area contributed by atoms with Gasteiger partial charge >= 0.3 is 0 Å². The molecule has 0 radical (unpaired) electrons. The van der Waals surface area contributed by atoms with Crippen molar-refractivity contribution in [1.29, 1.82) is 0 Å². The second-order valence-electron chi connectivity index (χ2n) is 10.7. The van der Waals surface area contributed by atoms with Crippen molar-refractivity contribution in [2.75, 3.05) is 0 Å². The predicted octanol–water partition coefficient (Wildman–Crippen LogP) is 9.73. The van der Waals surface area contributed by atoms with Crippen LogP contribution in [0, 0.1) is 0 Å². The first-order valence-electron chi connectivity index (χ1n) is 14.4. The third-order valence-corrected chi connectivity index (χ3v) is 8.11. The van der Waals surface area contributed by atoms with Crippen LogP contribution in [-0.4, -0.2) is 19.9 Å². The number of hydrogen-bond donors (Lipinski definition) is 0. The molecule has 6 heteroatoms. The maximum Gasteiger partial charge on any atom is 0.163 e. The van der Waals surface area contributed by atoms with Crippen LogP contribution in [0.3, 0.4) is 0 Å². The van der Waals surface area contributed by atoms with Crippen LogP contribution in [0.25, 0.3) is 88.9 Å². The van der Waals surface area contributed by atoms with E-state index < -0.39 is 0 Å². The van der Waals surface area contributed by atoms with Gasteiger partial charge in [0.1, 0.15) is 22.2 Å². The zero-order chi connectivity index (χ0) is 29.0. The zero-order valence-corrected chi connectivity index (χ0v) is 23.3. The fraction of sp³-hybridized carbons (Fsp3) is 0. The summed E-state index contributed by atoms with van der Waals surface area (Å²) in [6.07, 6.45) is 7.11. The summed E-state index contributed by atoms with van der Waals surface area (Å²) in [6.45, 7) is 0. The minimum atomic E-state index is 0.674. The van der Waals surface area contributed by atoms with Gasteiger partial charge in [0.2, 0.25) is 0 Å². The van der Waals surface area contributed by atoms with Crippen molar-refractivity contribution in [2.45, 2.75) is 0 Å². The van der Waals surface area contributed by atoms with Gasteiger partial charge in [0, 0.05) is 45.4 Å². The molecule has 5 aromatic heterocycles. The third kappa shape index (κ3) is 3.75. The summed E-state index contributed by atoms with van der Waals surface area (Å²) in [5.41, 5.74) is 11.7. The van der Waals surface area contributed by atoms with Crippen LogP contribution in [0.4, 0.5) is 0 Å². The number of pyridine rings is 2. The standard InChI is InChI=1S/C38H22N4O2/c1-3-9-23(10-4-1)25-13-7-15-29-33-37(43-35(25)29)27(17-19-40-33)31-21-39-22-32(42-31)28-18-20-41-34-30-16-8-14-26(36(30)44-38(28)34)24-11-5-2-6-12-24/h1-22H. The summed E-state index contributed by atoms with van der Waals surface area (Å²) < 4.78 is 13.2. The van der Waals surface area contributed by atoms with Gasteiger partial charge in [-0.2, -0.15) is 0 Å². The Bertz CT molecular complexity index is 2330. The van der Waals surface area contributed by atoms with E-state index in [2.05, 4.69) is 41.4 Å². The van der Waals surface area contributed by atoms with Crippen molar-refractivity contribution in [2.24, 2.45) is 0 Å². The lowest BCUT2D eigenvalue weighted by atomic mass is 10.0. The van der Waals surface area contributed by atoms with Crippen molar-refractivity contribution in [1.82, 2.24) is 19.9 Å². The third-order valence-electron chi connectivity index (χ3n) is 8.11. The molecule has 0 aliphatic heterocycles. The minimum absolute atomic E-state index is 0.674. The van der Waals surface area contributed by atoms with E-state index in [1.54, 1.807) is 24.8 Å². The quantitative estimate of drug-likeness (QED) is 0.211. The Balaban J connectivity index is 1.21. The smallest absolute Gasteiger partial charge is 0.163 e. The highest BCUT2D eigenvalue weighted by molar-refractivity contribution is 6.12. The van der Waals surface area contributed by atoms with E-state index in [1.807, 2.05) is 72.8 Å². The minimum Gasteiger partial charge on any atom is -0.453 e. The second kappa shape index (κ2) is 9.71. The Morgan fingerprint density at radius 2 is 0.886 bits per heavy atom. The number of para-hydroxylation sites is 2. The Kier molecular flexibility index (Phi) is 5.40. The molecule has 0 saturated carbocycles. The average molecular weight is 567 g/mol. The molecule has 4 aromatic carbocycles. The number of fused-ring (bicyclic) bond motifs is 6. The lowest BCUT2D eigenvalue weighted by molar-refractivity contribution is 0.670. The summed E-state index contributed by atoms with van der Waals surface area (Å²) in [7, 11) is 0. The van der Waals surface area contributed by atoms with E-state index in [1.165, 1.54) is 0 Å². The molecule has 0 spiro atoms. The van der Waals surface area contributed by atoms with Gasteiger partial charge in [-0.05, 0) is 35.4 Å². The summed E-state index contributed by atoms with van der Waals surface area (Å²) >= 11 is 0. The first kappa shape index (κ1) is 24.5. The summed E-state index contributed by atoms with van der Waals surface area (Å²) in [4.78, 5) is 19.1. The molecule has 6 nitrogen and oxygen atoms in total.